The summed E-state index contributed by atoms with van der Waals surface area (Å²) in [6, 6.07) is 8.51. The molecule has 1 heterocycles. The van der Waals surface area contributed by atoms with Crippen LogP contribution in [-0.2, 0) is 12.8 Å². The number of rotatable bonds is 1. The van der Waals surface area contributed by atoms with E-state index in [1.807, 2.05) is 0 Å². The number of benzene rings is 1. The van der Waals surface area contributed by atoms with Crippen molar-refractivity contribution in [2.24, 2.45) is 0 Å². The van der Waals surface area contributed by atoms with Crippen molar-refractivity contribution in [1.29, 1.82) is 0 Å². The third kappa shape index (κ3) is 2.09. The minimum atomic E-state index is 0.359. The van der Waals surface area contributed by atoms with Gasteiger partial charge >= 0.3 is 0 Å². The van der Waals surface area contributed by atoms with Crippen LogP contribution in [0.4, 0.5) is 0 Å². The number of halogens is 2. The smallest absolute Gasteiger partial charge is 0.146 e. The van der Waals surface area contributed by atoms with Crippen LogP contribution in [0.5, 0.6) is 0 Å². The molecule has 2 nitrogen and oxygen atoms in total. The van der Waals surface area contributed by atoms with Gasteiger partial charge in [0, 0.05) is 12.1 Å². The summed E-state index contributed by atoms with van der Waals surface area (Å²) in [5.41, 5.74) is 2.81. The Hall–Kier alpha value is -0.930. The lowest BCUT2D eigenvalue weighted by molar-refractivity contribution is 0.681. The van der Waals surface area contributed by atoms with Crippen LogP contribution in [0.1, 0.15) is 22.9 Å². The lowest BCUT2D eigenvalue weighted by Crippen LogP contribution is -2.04. The minimum Gasteiger partial charge on any atom is -0.240 e. The van der Waals surface area contributed by atoms with Crippen molar-refractivity contribution in [3.05, 3.63) is 57.0 Å². The topological polar surface area (TPSA) is 25.8 Å². The molecule has 1 aromatic carbocycles. The molecule has 1 aromatic heterocycles. The van der Waals surface area contributed by atoms with Gasteiger partial charge in [0.1, 0.15) is 11.0 Å². The first-order chi connectivity index (χ1) is 8.24. The van der Waals surface area contributed by atoms with Crippen molar-refractivity contribution >= 4 is 27.5 Å². The van der Waals surface area contributed by atoms with Crippen LogP contribution in [0.2, 0.25) is 5.15 Å². The molecule has 0 fully saturated rings. The molecule has 1 aliphatic rings. The molecule has 0 unspecified atom stereocenters. The Balaban J connectivity index is 1.91. The third-order valence-electron chi connectivity index (χ3n) is 3.14. The number of hydrogen-bond acceptors (Lipinski definition) is 2. The van der Waals surface area contributed by atoms with Crippen LogP contribution >= 0.6 is 27.5 Å². The molecule has 4 heteroatoms. The predicted molar refractivity (Wildman–Crippen MR) is 71.3 cm³/mol. The maximum atomic E-state index is 6.01. The lowest BCUT2D eigenvalue weighted by atomic mass is 10.1. The van der Waals surface area contributed by atoms with E-state index in [1.54, 1.807) is 6.20 Å². The average Bonchev–Trinajstić information content (AvgIpc) is 2.76. The maximum absolute atomic E-state index is 6.01. The largest absolute Gasteiger partial charge is 0.240 e. The number of nitrogens with zero attached hydrogens (tertiary/aromatic N) is 2. The summed E-state index contributed by atoms with van der Waals surface area (Å²) >= 11 is 9.31. The monoisotopic (exact) mass is 308 g/mol. The Labute approximate surface area is 113 Å². The van der Waals surface area contributed by atoms with E-state index in [-0.39, 0.29) is 0 Å². The second-order valence-electron chi connectivity index (χ2n) is 4.24. The zero-order chi connectivity index (χ0) is 11.8. The first-order valence-electron chi connectivity index (χ1n) is 5.49. The second-order valence-corrected chi connectivity index (χ2v) is 5.45. The van der Waals surface area contributed by atoms with E-state index in [9.17, 15) is 0 Å². The van der Waals surface area contributed by atoms with Gasteiger partial charge in [-0.3, -0.25) is 0 Å². The first-order valence-corrected chi connectivity index (χ1v) is 6.66. The number of fused-ring (bicyclic) bond motifs is 1. The van der Waals surface area contributed by atoms with Crippen molar-refractivity contribution in [2.45, 2.75) is 18.8 Å². The van der Waals surface area contributed by atoms with Crippen molar-refractivity contribution in [2.75, 3.05) is 0 Å². The first kappa shape index (κ1) is 11.2. The Morgan fingerprint density at radius 3 is 2.41 bits per heavy atom. The maximum Gasteiger partial charge on any atom is 0.146 e. The molecular formula is C13H10BrClN2. The van der Waals surface area contributed by atoms with E-state index < -0.39 is 0 Å². The van der Waals surface area contributed by atoms with Gasteiger partial charge in [0.15, 0.2) is 0 Å². The summed E-state index contributed by atoms with van der Waals surface area (Å²) in [5, 5.41) is 0.492. The van der Waals surface area contributed by atoms with Gasteiger partial charge in [0.05, 0.1) is 4.47 Å². The molecule has 0 radical (unpaired) electrons. The standard InChI is InChI=1S/C13H10BrClN2/c14-11-7-16-13(17-12(11)15)10-5-8-3-1-2-4-9(8)6-10/h1-4,7,10H,5-6H2. The summed E-state index contributed by atoms with van der Waals surface area (Å²) < 4.78 is 0.749. The summed E-state index contributed by atoms with van der Waals surface area (Å²) in [4.78, 5) is 8.71. The van der Waals surface area contributed by atoms with Crippen LogP contribution in [0, 0.1) is 0 Å². The van der Waals surface area contributed by atoms with Crippen LogP contribution < -0.4 is 0 Å². The van der Waals surface area contributed by atoms with E-state index in [0.29, 0.717) is 11.1 Å². The highest BCUT2D eigenvalue weighted by molar-refractivity contribution is 9.10. The fourth-order valence-electron chi connectivity index (χ4n) is 2.30. The van der Waals surface area contributed by atoms with E-state index in [1.165, 1.54) is 11.1 Å². The molecule has 0 saturated heterocycles. The fraction of sp³-hybridized carbons (Fsp3) is 0.231. The van der Waals surface area contributed by atoms with E-state index in [4.69, 9.17) is 11.6 Å². The van der Waals surface area contributed by atoms with Crippen LogP contribution in [0.15, 0.2) is 34.9 Å². The van der Waals surface area contributed by atoms with E-state index in [0.717, 1.165) is 23.1 Å². The highest BCUT2D eigenvalue weighted by Crippen LogP contribution is 2.33. The van der Waals surface area contributed by atoms with E-state index in [2.05, 4.69) is 50.2 Å². The zero-order valence-corrected chi connectivity index (χ0v) is 11.4. The molecule has 1 aliphatic carbocycles. The normalized spacial score (nSPS) is 14.9. The van der Waals surface area contributed by atoms with Gasteiger partial charge in [0.25, 0.3) is 0 Å². The number of hydrogen-bond donors (Lipinski definition) is 0. The van der Waals surface area contributed by atoms with Gasteiger partial charge in [-0.1, -0.05) is 35.9 Å². The van der Waals surface area contributed by atoms with Crippen molar-refractivity contribution in [3.63, 3.8) is 0 Å². The van der Waals surface area contributed by atoms with Gasteiger partial charge in [-0.15, -0.1) is 0 Å². The average molecular weight is 310 g/mol. The Morgan fingerprint density at radius 1 is 1.18 bits per heavy atom. The van der Waals surface area contributed by atoms with Gasteiger partial charge < -0.3 is 0 Å². The highest BCUT2D eigenvalue weighted by Gasteiger charge is 2.24. The summed E-state index contributed by atoms with van der Waals surface area (Å²) in [6.45, 7) is 0. The van der Waals surface area contributed by atoms with E-state index >= 15 is 0 Å². The minimum absolute atomic E-state index is 0.359. The van der Waals surface area contributed by atoms with Gasteiger partial charge in [0.2, 0.25) is 0 Å². The van der Waals surface area contributed by atoms with Gasteiger partial charge in [-0.05, 0) is 39.9 Å². The van der Waals surface area contributed by atoms with Crippen LogP contribution in [-0.4, -0.2) is 9.97 Å². The Bertz CT molecular complexity index is 546. The van der Waals surface area contributed by atoms with Crippen LogP contribution in [0.3, 0.4) is 0 Å². The summed E-state index contributed by atoms with van der Waals surface area (Å²) in [7, 11) is 0. The molecule has 0 aliphatic heterocycles. The second kappa shape index (κ2) is 4.39. The molecule has 0 amide bonds. The number of aromatic nitrogens is 2. The Morgan fingerprint density at radius 2 is 1.82 bits per heavy atom. The van der Waals surface area contributed by atoms with Crippen LogP contribution in [0.25, 0.3) is 0 Å². The molecule has 0 bridgehead atoms. The van der Waals surface area contributed by atoms with Gasteiger partial charge in [-0.2, -0.15) is 0 Å². The predicted octanol–water partition coefficient (Wildman–Crippen LogP) is 3.77. The summed E-state index contributed by atoms with van der Waals surface area (Å²) in [5.74, 6) is 1.20. The highest BCUT2D eigenvalue weighted by atomic mass is 79.9. The van der Waals surface area contributed by atoms with Gasteiger partial charge in [-0.25, -0.2) is 9.97 Å². The lowest BCUT2D eigenvalue weighted by Gasteiger charge is -2.07. The van der Waals surface area contributed by atoms with Crippen molar-refractivity contribution in [1.82, 2.24) is 9.97 Å². The molecular weight excluding hydrogens is 300 g/mol. The molecule has 3 rings (SSSR count). The molecule has 0 N–H and O–H groups in total. The molecule has 86 valence electrons. The molecule has 0 spiro atoms. The van der Waals surface area contributed by atoms with Crippen molar-refractivity contribution in [3.8, 4) is 0 Å². The molecule has 0 saturated carbocycles. The quantitative estimate of drug-likeness (QED) is 0.749. The third-order valence-corrected chi connectivity index (χ3v) is 4.23. The fourth-order valence-corrected chi connectivity index (χ4v) is 2.62. The summed E-state index contributed by atoms with van der Waals surface area (Å²) in [6.07, 6.45) is 3.75. The molecule has 17 heavy (non-hydrogen) atoms. The molecule has 0 atom stereocenters. The van der Waals surface area contributed by atoms with Crippen molar-refractivity contribution < 1.29 is 0 Å². The zero-order valence-electron chi connectivity index (χ0n) is 9.03. The molecule has 2 aromatic rings. The Kier molecular flexibility index (Phi) is 2.89. The SMILES string of the molecule is Clc1nc(C2Cc3ccccc3C2)ncc1Br.